The van der Waals surface area contributed by atoms with Crippen LogP contribution in [0.25, 0.3) is 11.6 Å². The molecular weight excluding hydrogens is 386 g/mol. The maximum atomic E-state index is 4.29. The minimum absolute atomic E-state index is 0.172. The Hall–Kier alpha value is -2.28. The summed E-state index contributed by atoms with van der Waals surface area (Å²) in [5, 5.41) is 0. The molecule has 0 amide bonds. The molecule has 4 rings (SSSR count). The molecule has 1 aromatic carbocycles. The van der Waals surface area contributed by atoms with Gasteiger partial charge in [0.15, 0.2) is 0 Å². The van der Waals surface area contributed by atoms with Crippen molar-refractivity contribution in [3.63, 3.8) is 0 Å². The molecule has 3 aliphatic rings. The van der Waals surface area contributed by atoms with E-state index in [1.54, 1.807) is 0 Å². The fraction of sp³-hybridized carbons (Fsp3) is 0.484. The number of unbranched alkanes of at least 4 members (excludes halogenated alkanes) is 3. The molecule has 0 N–H and O–H groups in total. The molecule has 1 atom stereocenters. The van der Waals surface area contributed by atoms with Crippen molar-refractivity contribution >= 4 is 17.3 Å². The molecule has 0 spiro atoms. The quantitative estimate of drug-likeness (QED) is 0.322. The highest BCUT2D eigenvalue weighted by Gasteiger charge is 2.33. The third-order valence-electron chi connectivity index (χ3n) is 7.09. The van der Waals surface area contributed by atoms with Crippen molar-refractivity contribution in [3.8, 4) is 0 Å². The summed E-state index contributed by atoms with van der Waals surface area (Å²) < 4.78 is 0. The third kappa shape index (κ3) is 4.87. The minimum Gasteiger partial charge on any atom is -0.365 e. The molecule has 0 aromatic heterocycles. The summed E-state index contributed by atoms with van der Waals surface area (Å²) in [5.41, 5.74) is 11.6. The van der Waals surface area contributed by atoms with E-state index >= 15 is 0 Å². The monoisotopic (exact) mass is 429 g/mol. The molecule has 172 valence electrons. The van der Waals surface area contributed by atoms with Crippen molar-refractivity contribution < 1.29 is 0 Å². The average molecular weight is 430 g/mol. The molecule has 1 heterocycles. The van der Waals surface area contributed by atoms with Crippen LogP contribution in [0, 0.1) is 5.41 Å². The molecule has 0 saturated carbocycles. The van der Waals surface area contributed by atoms with E-state index in [1.165, 1.54) is 63.9 Å². The largest absolute Gasteiger partial charge is 0.365 e. The molecule has 0 radical (unpaired) electrons. The number of benzene rings is 1. The zero-order chi connectivity index (χ0) is 23.5. The Bertz CT molecular complexity index is 966. The zero-order valence-electron chi connectivity index (χ0n) is 21.4. The molecule has 1 heteroatoms. The van der Waals surface area contributed by atoms with Crippen LogP contribution in [0.3, 0.4) is 0 Å². The van der Waals surface area contributed by atoms with Crippen molar-refractivity contribution in [1.82, 2.24) is 0 Å². The van der Waals surface area contributed by atoms with Crippen molar-refractivity contribution in [2.24, 2.45) is 5.41 Å². The highest BCUT2D eigenvalue weighted by molar-refractivity contribution is 5.84. The summed E-state index contributed by atoms with van der Waals surface area (Å²) in [6.45, 7) is 22.6. The normalized spacial score (nSPS) is 20.6. The van der Waals surface area contributed by atoms with E-state index in [0.29, 0.717) is 6.04 Å². The van der Waals surface area contributed by atoms with Crippen LogP contribution in [0.1, 0.15) is 90.3 Å². The lowest BCUT2D eigenvalue weighted by atomic mass is 9.67. The van der Waals surface area contributed by atoms with E-state index in [2.05, 4.69) is 76.1 Å². The number of fused-ring (bicyclic) bond motifs is 3. The van der Waals surface area contributed by atoms with E-state index in [1.807, 2.05) is 19.9 Å². The molecule has 2 aliphatic carbocycles. The highest BCUT2D eigenvalue weighted by atomic mass is 15.2. The Labute approximate surface area is 197 Å². The first kappa shape index (κ1) is 24.4. The van der Waals surface area contributed by atoms with Crippen molar-refractivity contribution in [1.29, 1.82) is 0 Å². The number of rotatable bonds is 6. The predicted octanol–water partition coefficient (Wildman–Crippen LogP) is 8.92. The summed E-state index contributed by atoms with van der Waals surface area (Å²) in [6, 6.07) is 5.40. The van der Waals surface area contributed by atoms with Gasteiger partial charge in [0.1, 0.15) is 0 Å². The zero-order valence-corrected chi connectivity index (χ0v) is 21.4. The van der Waals surface area contributed by atoms with Crippen LogP contribution in [0.2, 0.25) is 0 Å². The molecule has 1 aliphatic heterocycles. The van der Waals surface area contributed by atoms with Gasteiger partial charge in [0.2, 0.25) is 0 Å². The van der Waals surface area contributed by atoms with E-state index in [0.717, 1.165) is 25.8 Å². The van der Waals surface area contributed by atoms with Gasteiger partial charge in [-0.25, -0.2) is 0 Å². The second-order valence-corrected chi connectivity index (χ2v) is 10.1. The van der Waals surface area contributed by atoms with Gasteiger partial charge in [0, 0.05) is 23.8 Å². The van der Waals surface area contributed by atoms with Gasteiger partial charge in [0.25, 0.3) is 0 Å². The van der Waals surface area contributed by atoms with Gasteiger partial charge in [-0.1, -0.05) is 70.6 Å². The van der Waals surface area contributed by atoms with Gasteiger partial charge in [-0.05, 0) is 91.3 Å². The number of nitrogens with zero attached hydrogens (tertiary/aromatic N) is 1. The fourth-order valence-corrected chi connectivity index (χ4v) is 5.59. The maximum Gasteiger partial charge on any atom is 0.0450 e. The van der Waals surface area contributed by atoms with Gasteiger partial charge in [-0.3, -0.25) is 0 Å². The van der Waals surface area contributed by atoms with Crippen molar-refractivity contribution in [2.75, 3.05) is 11.4 Å². The van der Waals surface area contributed by atoms with E-state index in [9.17, 15) is 0 Å². The van der Waals surface area contributed by atoms with Crippen LogP contribution in [0.15, 0.2) is 60.2 Å². The topological polar surface area (TPSA) is 3.24 Å². The predicted molar refractivity (Wildman–Crippen MR) is 144 cm³/mol. The van der Waals surface area contributed by atoms with Crippen molar-refractivity contribution in [2.45, 2.75) is 86.1 Å². The lowest BCUT2D eigenvalue weighted by Crippen LogP contribution is -2.36. The Kier molecular flexibility index (Phi) is 7.70. The summed E-state index contributed by atoms with van der Waals surface area (Å²) in [6.07, 6.45) is 16.2. The molecule has 1 nitrogen and oxygen atoms in total. The standard InChI is InChI=1S/C29H37N.C2H6/c1-7-8-9-10-11-12-30-22(4)14-21(3)26-16-24-17-27-25(15-23(24)18-28(26)30)13-20(2)19-29(27,5)6;1-2/h7,13-14,16-18,22H,1-2,8-12,15,19H2,3-6H3;1-2H3. The minimum atomic E-state index is 0.172. The first-order valence-corrected chi connectivity index (χ1v) is 12.6. The number of hydrogen-bond donors (Lipinski definition) is 0. The van der Waals surface area contributed by atoms with Gasteiger partial charge < -0.3 is 4.90 Å². The highest BCUT2D eigenvalue weighted by Crippen LogP contribution is 2.48. The number of anilines is 1. The number of hydrogen-bond acceptors (Lipinski definition) is 1. The van der Waals surface area contributed by atoms with Gasteiger partial charge >= 0.3 is 0 Å². The Morgan fingerprint density at radius 1 is 1.12 bits per heavy atom. The molecule has 1 aromatic rings. The summed E-state index contributed by atoms with van der Waals surface area (Å²) in [5.74, 6) is 0. The van der Waals surface area contributed by atoms with Crippen LogP contribution >= 0.6 is 0 Å². The number of allylic oxidation sites excluding steroid dienone is 6. The van der Waals surface area contributed by atoms with Gasteiger partial charge in [0.05, 0.1) is 0 Å². The van der Waals surface area contributed by atoms with Crippen LogP contribution in [0.4, 0.5) is 5.69 Å². The second kappa shape index (κ2) is 10.1. The van der Waals surface area contributed by atoms with Gasteiger partial charge in [-0.15, -0.1) is 6.58 Å². The molecule has 1 unspecified atom stereocenters. The van der Waals surface area contributed by atoms with Crippen LogP contribution < -0.4 is 4.90 Å². The SMILES string of the molecule is C=CCCCCCN1c2cc3c(cc2C(C)=CC1C)C=C1C(=CC(=C)CC1(C)C)C3.CC. The van der Waals surface area contributed by atoms with Crippen LogP contribution in [0.5, 0.6) is 0 Å². The smallest absolute Gasteiger partial charge is 0.0450 e. The summed E-state index contributed by atoms with van der Waals surface area (Å²) >= 11 is 0. The van der Waals surface area contributed by atoms with Gasteiger partial charge in [-0.2, -0.15) is 0 Å². The average Bonchev–Trinajstić information content (AvgIpc) is 2.74. The second-order valence-electron chi connectivity index (χ2n) is 10.1. The summed E-state index contributed by atoms with van der Waals surface area (Å²) in [7, 11) is 0. The third-order valence-corrected chi connectivity index (χ3v) is 7.09. The van der Waals surface area contributed by atoms with Crippen LogP contribution in [-0.2, 0) is 6.42 Å². The maximum absolute atomic E-state index is 4.29. The molecule has 0 fully saturated rings. The lowest BCUT2D eigenvalue weighted by Gasteiger charge is -2.39. The molecular formula is C31H43N. The Balaban J connectivity index is 0.00000141. The van der Waals surface area contributed by atoms with Crippen LogP contribution in [-0.4, -0.2) is 12.6 Å². The van der Waals surface area contributed by atoms with E-state index < -0.39 is 0 Å². The van der Waals surface area contributed by atoms with E-state index in [-0.39, 0.29) is 5.41 Å². The fourth-order valence-electron chi connectivity index (χ4n) is 5.59. The molecule has 32 heavy (non-hydrogen) atoms. The lowest BCUT2D eigenvalue weighted by molar-refractivity contribution is 0.443. The first-order valence-electron chi connectivity index (χ1n) is 12.6. The van der Waals surface area contributed by atoms with E-state index in [4.69, 9.17) is 0 Å². The Morgan fingerprint density at radius 3 is 2.59 bits per heavy atom. The van der Waals surface area contributed by atoms with Crippen molar-refractivity contribution in [3.05, 3.63) is 76.9 Å². The Morgan fingerprint density at radius 2 is 1.88 bits per heavy atom. The molecule has 0 saturated heterocycles. The first-order chi connectivity index (χ1) is 15.3. The summed E-state index contributed by atoms with van der Waals surface area (Å²) in [4.78, 5) is 2.62. The molecule has 0 bridgehead atoms.